The van der Waals surface area contributed by atoms with Crippen LogP contribution in [0.25, 0.3) is 11.1 Å². The first-order chi connectivity index (χ1) is 16.9. The first-order valence-electron chi connectivity index (χ1n) is 12.2. The monoisotopic (exact) mass is 478 g/mol. The fourth-order valence-corrected chi connectivity index (χ4v) is 5.47. The van der Waals surface area contributed by atoms with Gasteiger partial charge in [-0.15, -0.1) is 0 Å². The molecule has 1 unspecified atom stereocenters. The van der Waals surface area contributed by atoms with Gasteiger partial charge in [-0.3, -0.25) is 9.59 Å². The first kappa shape index (κ1) is 23.4. The summed E-state index contributed by atoms with van der Waals surface area (Å²) >= 11 is 0. The number of nitrogens with one attached hydrogen (secondary N) is 1. The number of morpholine rings is 1. The largest absolute Gasteiger partial charge is 0.481 e. The van der Waals surface area contributed by atoms with Gasteiger partial charge in [0.05, 0.1) is 31.1 Å². The first-order valence-corrected chi connectivity index (χ1v) is 12.2. The molecule has 1 saturated heterocycles. The van der Waals surface area contributed by atoms with Crippen LogP contribution >= 0.6 is 0 Å². The predicted molar refractivity (Wildman–Crippen MR) is 128 cm³/mol. The van der Waals surface area contributed by atoms with Gasteiger partial charge >= 0.3 is 12.1 Å². The van der Waals surface area contributed by atoms with Crippen molar-refractivity contribution in [3.05, 3.63) is 59.7 Å². The van der Waals surface area contributed by atoms with E-state index in [9.17, 15) is 14.4 Å². The molecule has 1 heterocycles. The molecule has 8 heteroatoms. The Morgan fingerprint density at radius 1 is 1.06 bits per heavy atom. The van der Waals surface area contributed by atoms with Crippen LogP contribution < -0.4 is 5.32 Å². The number of aliphatic carboxylic acids is 1. The summed E-state index contributed by atoms with van der Waals surface area (Å²) in [4.78, 5) is 38.5. The fraction of sp³-hybridized carbons (Fsp3) is 0.444. The molecular formula is C27H30N2O6. The molecule has 0 bridgehead atoms. The molecule has 3 aliphatic rings. The topological polar surface area (TPSA) is 105 Å². The average molecular weight is 479 g/mol. The zero-order chi connectivity index (χ0) is 24.4. The Labute approximate surface area is 204 Å². The molecule has 0 radical (unpaired) electrons. The molecule has 2 amide bonds. The van der Waals surface area contributed by atoms with E-state index in [4.69, 9.17) is 14.6 Å². The molecule has 0 aromatic heterocycles. The number of fused-ring (bicyclic) bond motifs is 3. The van der Waals surface area contributed by atoms with E-state index in [1.54, 1.807) is 4.90 Å². The van der Waals surface area contributed by atoms with Crippen LogP contribution in [0.1, 0.15) is 49.1 Å². The second-order valence-corrected chi connectivity index (χ2v) is 9.69. The summed E-state index contributed by atoms with van der Waals surface area (Å²) in [6.07, 6.45) is 1.39. The molecule has 35 heavy (non-hydrogen) atoms. The highest BCUT2D eigenvalue weighted by atomic mass is 16.5. The van der Waals surface area contributed by atoms with Crippen LogP contribution in [0.4, 0.5) is 4.79 Å². The molecule has 5 rings (SSSR count). The zero-order valence-corrected chi connectivity index (χ0v) is 19.6. The predicted octanol–water partition coefficient (Wildman–Crippen LogP) is 3.54. The number of carboxylic acid groups (broad SMARTS) is 1. The van der Waals surface area contributed by atoms with E-state index in [2.05, 4.69) is 29.6 Å². The molecule has 2 aliphatic carbocycles. The minimum Gasteiger partial charge on any atom is -0.481 e. The molecule has 1 aliphatic heterocycles. The third-order valence-corrected chi connectivity index (χ3v) is 7.40. The fourth-order valence-electron chi connectivity index (χ4n) is 5.47. The van der Waals surface area contributed by atoms with Crippen LogP contribution in [0.5, 0.6) is 0 Å². The highest BCUT2D eigenvalue weighted by molar-refractivity contribution is 5.80. The summed E-state index contributed by atoms with van der Waals surface area (Å²) in [5, 5.41) is 12.0. The van der Waals surface area contributed by atoms with E-state index in [1.165, 1.54) is 11.1 Å². The highest BCUT2D eigenvalue weighted by Gasteiger charge is 2.42. The maximum atomic E-state index is 13.0. The molecule has 1 saturated carbocycles. The van der Waals surface area contributed by atoms with Crippen molar-refractivity contribution in [2.45, 2.75) is 49.7 Å². The van der Waals surface area contributed by atoms with Gasteiger partial charge in [0.1, 0.15) is 6.61 Å². The number of hydrogen-bond acceptors (Lipinski definition) is 5. The van der Waals surface area contributed by atoms with E-state index in [1.807, 2.05) is 24.3 Å². The number of benzene rings is 2. The minimum absolute atomic E-state index is 0.0216. The number of alkyl carbamates (subject to hydrolysis) is 1. The van der Waals surface area contributed by atoms with Gasteiger partial charge in [0.15, 0.2) is 0 Å². The smallest absolute Gasteiger partial charge is 0.407 e. The molecule has 2 N–H and O–H groups in total. The van der Waals surface area contributed by atoms with Crippen molar-refractivity contribution in [2.24, 2.45) is 0 Å². The zero-order valence-electron chi connectivity index (χ0n) is 19.6. The molecule has 1 atom stereocenters. The second-order valence-electron chi connectivity index (χ2n) is 9.69. The van der Waals surface area contributed by atoms with Gasteiger partial charge in [-0.25, -0.2) is 4.79 Å². The van der Waals surface area contributed by atoms with E-state index in [-0.39, 0.29) is 37.8 Å². The van der Waals surface area contributed by atoms with Crippen LogP contribution in [-0.4, -0.2) is 65.9 Å². The van der Waals surface area contributed by atoms with Gasteiger partial charge < -0.3 is 24.8 Å². The van der Waals surface area contributed by atoms with Gasteiger partial charge in [0.2, 0.25) is 5.91 Å². The van der Waals surface area contributed by atoms with E-state index < -0.39 is 23.7 Å². The second kappa shape index (κ2) is 9.70. The van der Waals surface area contributed by atoms with Crippen molar-refractivity contribution < 1.29 is 29.0 Å². The summed E-state index contributed by atoms with van der Waals surface area (Å²) in [6.45, 7) is 1.23. The molecule has 2 fully saturated rings. The third kappa shape index (κ3) is 4.89. The normalized spacial score (nSPS) is 20.3. The number of amides is 2. The number of ether oxygens (including phenoxy) is 2. The lowest BCUT2D eigenvalue weighted by atomic mass is 9.74. The molecule has 184 valence electrons. The molecule has 2 aromatic carbocycles. The Bertz CT molecular complexity index is 1080. The standard InChI is InChI=1S/C27H30N2O6/c30-24(29-12-13-34-18(16-29)14-25(31)32)15-27(10-5-11-27)28-26(33)35-17-23-21-8-3-1-6-19(21)20-7-2-4-9-22(20)23/h1-4,6-9,18,23H,5,10-17H2,(H,28,33)(H,31,32). The lowest BCUT2D eigenvalue weighted by Gasteiger charge is -2.43. The van der Waals surface area contributed by atoms with Gasteiger partial charge in [0, 0.05) is 19.0 Å². The van der Waals surface area contributed by atoms with E-state index in [0.717, 1.165) is 17.5 Å². The van der Waals surface area contributed by atoms with Crippen LogP contribution in [-0.2, 0) is 19.1 Å². The van der Waals surface area contributed by atoms with E-state index in [0.29, 0.717) is 26.0 Å². The van der Waals surface area contributed by atoms with Crippen molar-refractivity contribution in [2.75, 3.05) is 26.3 Å². The lowest BCUT2D eigenvalue weighted by Crippen LogP contribution is -2.57. The number of rotatable bonds is 7. The van der Waals surface area contributed by atoms with Crippen molar-refractivity contribution in [1.29, 1.82) is 0 Å². The van der Waals surface area contributed by atoms with Crippen LogP contribution in [0.3, 0.4) is 0 Å². The number of carboxylic acids is 1. The number of hydrogen-bond donors (Lipinski definition) is 2. The lowest BCUT2D eigenvalue weighted by molar-refractivity contribution is -0.148. The number of carbonyl (C=O) groups is 3. The maximum Gasteiger partial charge on any atom is 0.407 e. The van der Waals surface area contributed by atoms with Gasteiger partial charge in [-0.05, 0) is 41.5 Å². The molecule has 8 nitrogen and oxygen atoms in total. The SMILES string of the molecule is O=C(O)CC1CN(C(=O)CC2(NC(=O)OCC3c4ccccc4-c4ccccc43)CCC2)CCO1. The Morgan fingerprint density at radius 2 is 1.71 bits per heavy atom. The summed E-state index contributed by atoms with van der Waals surface area (Å²) < 4.78 is 11.2. The van der Waals surface area contributed by atoms with Crippen LogP contribution in [0, 0.1) is 0 Å². The van der Waals surface area contributed by atoms with Crippen molar-refractivity contribution in [1.82, 2.24) is 10.2 Å². The Kier molecular flexibility index (Phi) is 6.47. The molecule has 0 spiro atoms. The maximum absolute atomic E-state index is 13.0. The van der Waals surface area contributed by atoms with E-state index >= 15 is 0 Å². The van der Waals surface area contributed by atoms with Crippen LogP contribution in [0.15, 0.2) is 48.5 Å². The van der Waals surface area contributed by atoms with Crippen LogP contribution in [0.2, 0.25) is 0 Å². The Hall–Kier alpha value is -3.39. The van der Waals surface area contributed by atoms with Gasteiger partial charge in [-0.2, -0.15) is 0 Å². The highest BCUT2D eigenvalue weighted by Crippen LogP contribution is 2.44. The van der Waals surface area contributed by atoms with Crippen molar-refractivity contribution in [3.8, 4) is 11.1 Å². The quantitative estimate of drug-likeness (QED) is 0.631. The van der Waals surface area contributed by atoms with Gasteiger partial charge in [0.25, 0.3) is 0 Å². The average Bonchev–Trinajstić information content (AvgIpc) is 3.15. The van der Waals surface area contributed by atoms with Crippen molar-refractivity contribution >= 4 is 18.0 Å². The number of nitrogens with zero attached hydrogens (tertiary/aromatic N) is 1. The molecular weight excluding hydrogens is 448 g/mol. The summed E-state index contributed by atoms with van der Waals surface area (Å²) in [6, 6.07) is 16.4. The summed E-state index contributed by atoms with van der Waals surface area (Å²) in [5.41, 5.74) is 4.03. The third-order valence-electron chi connectivity index (χ3n) is 7.40. The minimum atomic E-state index is -0.948. The van der Waals surface area contributed by atoms with Crippen molar-refractivity contribution in [3.63, 3.8) is 0 Å². The summed E-state index contributed by atoms with van der Waals surface area (Å²) in [5.74, 6) is -1.06. The molecule has 2 aromatic rings. The van der Waals surface area contributed by atoms with Gasteiger partial charge in [-0.1, -0.05) is 48.5 Å². The Morgan fingerprint density at radius 3 is 2.31 bits per heavy atom. The summed E-state index contributed by atoms with van der Waals surface area (Å²) in [7, 11) is 0. The number of carbonyl (C=O) groups excluding carboxylic acids is 2. The Balaban J connectivity index is 1.19.